The van der Waals surface area contributed by atoms with Crippen LogP contribution in [-0.2, 0) is 12.7 Å². The molecule has 5 aromatic rings. The van der Waals surface area contributed by atoms with E-state index < -0.39 is 17.8 Å². The second-order valence-electron chi connectivity index (χ2n) is 8.04. The normalized spacial score (nSPS) is 11.8. The molecule has 0 radical (unpaired) electrons. The van der Waals surface area contributed by atoms with E-state index in [2.05, 4.69) is 36.4 Å². The van der Waals surface area contributed by atoms with Crippen LogP contribution in [0.5, 0.6) is 0 Å². The number of rotatable bonds is 5. The Morgan fingerprint density at radius 2 is 1.68 bits per heavy atom. The molecule has 194 valence electrons. The Morgan fingerprint density at radius 1 is 0.974 bits per heavy atom. The first-order valence-electron chi connectivity index (χ1n) is 10.7. The van der Waals surface area contributed by atoms with E-state index >= 15 is 0 Å². The maximum atomic E-state index is 13.9. The standard InChI is InChI=1S/C24H13BrCl3F3N6O/c25-16-11-36(10-13-3-6-15(27)7-17(13)28)35-22(16)33-23(38)19-9-21-32-18(12-1-4-14(26)5-2-12)8-20(24(29,30)31)37(21)34-19/h1-9,11H,10H2,(H,33,35,38). The number of nitrogens with zero attached hydrogens (tertiary/aromatic N) is 5. The highest BCUT2D eigenvalue weighted by Gasteiger charge is 2.35. The van der Waals surface area contributed by atoms with Crippen LogP contribution in [0.4, 0.5) is 19.0 Å². The van der Waals surface area contributed by atoms with E-state index in [4.69, 9.17) is 34.8 Å². The van der Waals surface area contributed by atoms with E-state index in [-0.39, 0.29) is 29.4 Å². The van der Waals surface area contributed by atoms with E-state index in [1.807, 2.05) is 0 Å². The molecule has 3 heterocycles. The second-order valence-corrected chi connectivity index (χ2v) is 10.2. The lowest BCUT2D eigenvalue weighted by atomic mass is 10.1. The first kappa shape index (κ1) is 26.5. The maximum absolute atomic E-state index is 13.9. The predicted molar refractivity (Wildman–Crippen MR) is 142 cm³/mol. The van der Waals surface area contributed by atoms with Crippen molar-refractivity contribution in [3.63, 3.8) is 0 Å². The van der Waals surface area contributed by atoms with Crippen LogP contribution in [-0.4, -0.2) is 30.3 Å². The molecule has 0 atom stereocenters. The van der Waals surface area contributed by atoms with Crippen LogP contribution in [0.3, 0.4) is 0 Å². The van der Waals surface area contributed by atoms with Gasteiger partial charge < -0.3 is 5.32 Å². The number of halogens is 7. The summed E-state index contributed by atoms with van der Waals surface area (Å²) in [7, 11) is 0. The van der Waals surface area contributed by atoms with Gasteiger partial charge in [-0.3, -0.25) is 9.48 Å². The molecule has 0 saturated heterocycles. The fourth-order valence-corrected chi connectivity index (χ4v) is 4.62. The van der Waals surface area contributed by atoms with Crippen molar-refractivity contribution in [2.45, 2.75) is 12.7 Å². The van der Waals surface area contributed by atoms with Crippen molar-refractivity contribution in [3.8, 4) is 11.3 Å². The lowest BCUT2D eigenvalue weighted by Gasteiger charge is -2.11. The van der Waals surface area contributed by atoms with Crippen LogP contribution < -0.4 is 5.32 Å². The van der Waals surface area contributed by atoms with E-state index in [9.17, 15) is 18.0 Å². The zero-order chi connectivity index (χ0) is 27.2. The van der Waals surface area contributed by atoms with Crippen molar-refractivity contribution in [2.24, 2.45) is 0 Å². The first-order valence-corrected chi connectivity index (χ1v) is 12.6. The SMILES string of the molecule is O=C(Nc1nn(Cc2ccc(Cl)cc2Cl)cc1Br)c1cc2nc(-c3ccc(Cl)cc3)cc(C(F)(F)F)n2n1. The Kier molecular flexibility index (Phi) is 7.12. The summed E-state index contributed by atoms with van der Waals surface area (Å²) < 4.78 is 44.2. The molecule has 0 saturated carbocycles. The zero-order valence-electron chi connectivity index (χ0n) is 18.8. The van der Waals surface area contributed by atoms with Gasteiger partial charge in [-0.25, -0.2) is 9.50 Å². The monoisotopic (exact) mass is 642 g/mol. The highest BCUT2D eigenvalue weighted by molar-refractivity contribution is 9.10. The Labute approximate surface area is 236 Å². The van der Waals surface area contributed by atoms with Crippen LogP contribution in [0.25, 0.3) is 16.9 Å². The third-order valence-electron chi connectivity index (χ3n) is 5.39. The number of aromatic nitrogens is 5. The number of amides is 1. The van der Waals surface area contributed by atoms with Crippen molar-refractivity contribution in [1.29, 1.82) is 0 Å². The number of hydrogen-bond donors (Lipinski definition) is 1. The summed E-state index contributed by atoms with van der Waals surface area (Å²) in [4.78, 5) is 17.2. The van der Waals surface area contributed by atoms with Gasteiger partial charge in [-0.1, -0.05) is 53.0 Å². The minimum atomic E-state index is -4.76. The van der Waals surface area contributed by atoms with Crippen molar-refractivity contribution in [3.05, 3.63) is 97.3 Å². The molecule has 38 heavy (non-hydrogen) atoms. The summed E-state index contributed by atoms with van der Waals surface area (Å²) in [5, 5.41) is 12.1. The number of nitrogens with one attached hydrogen (secondary N) is 1. The molecule has 1 amide bonds. The quantitative estimate of drug-likeness (QED) is 0.214. The molecule has 0 unspecified atom stereocenters. The summed E-state index contributed by atoms with van der Waals surface area (Å²) in [5.74, 6) is -0.629. The molecular formula is C24H13BrCl3F3N6O. The Bertz CT molecular complexity index is 1680. The van der Waals surface area contributed by atoms with Crippen LogP contribution in [0.1, 0.15) is 21.7 Å². The Balaban J connectivity index is 1.44. The largest absolute Gasteiger partial charge is 0.433 e. The summed E-state index contributed by atoms with van der Waals surface area (Å²) >= 11 is 21.4. The van der Waals surface area contributed by atoms with Gasteiger partial charge in [-0.15, -0.1) is 0 Å². The molecule has 0 fully saturated rings. The average Bonchev–Trinajstić information content (AvgIpc) is 3.43. The topological polar surface area (TPSA) is 77.1 Å². The highest BCUT2D eigenvalue weighted by atomic mass is 79.9. The fraction of sp³-hybridized carbons (Fsp3) is 0.0833. The molecule has 0 bridgehead atoms. The predicted octanol–water partition coefficient (Wildman–Crippen LogP) is 7.63. The van der Waals surface area contributed by atoms with E-state index in [0.29, 0.717) is 29.6 Å². The van der Waals surface area contributed by atoms with Gasteiger partial charge in [-0.05, 0) is 51.8 Å². The molecule has 1 N–H and O–H groups in total. The smallest absolute Gasteiger partial charge is 0.303 e. The summed E-state index contributed by atoms with van der Waals surface area (Å²) in [5.41, 5.74) is -0.306. The van der Waals surface area contributed by atoms with Crippen LogP contribution in [0, 0.1) is 0 Å². The number of carbonyl (C=O) groups excluding carboxylic acids is 1. The zero-order valence-corrected chi connectivity index (χ0v) is 22.6. The van der Waals surface area contributed by atoms with Crippen molar-refractivity contribution in [2.75, 3.05) is 5.32 Å². The minimum absolute atomic E-state index is 0.0516. The lowest BCUT2D eigenvalue weighted by Crippen LogP contribution is -2.16. The van der Waals surface area contributed by atoms with Gasteiger partial charge in [0.1, 0.15) is 0 Å². The molecule has 14 heteroatoms. The fourth-order valence-electron chi connectivity index (χ4n) is 3.61. The molecule has 2 aromatic carbocycles. The average molecular weight is 645 g/mol. The molecule has 3 aromatic heterocycles. The highest BCUT2D eigenvalue weighted by Crippen LogP contribution is 2.33. The number of benzene rings is 2. The number of carbonyl (C=O) groups is 1. The van der Waals surface area contributed by atoms with Gasteiger partial charge >= 0.3 is 6.18 Å². The van der Waals surface area contributed by atoms with Gasteiger partial charge in [0.2, 0.25) is 0 Å². The van der Waals surface area contributed by atoms with Crippen LogP contribution >= 0.6 is 50.7 Å². The van der Waals surface area contributed by atoms with Crippen LogP contribution in [0.2, 0.25) is 15.1 Å². The van der Waals surface area contributed by atoms with Crippen molar-refractivity contribution >= 4 is 68.1 Å². The van der Waals surface area contributed by atoms with Gasteiger partial charge in [-0.2, -0.15) is 23.4 Å². The number of alkyl halides is 3. The summed E-state index contributed by atoms with van der Waals surface area (Å²) in [6.45, 7) is 0.283. The molecular weight excluding hydrogens is 632 g/mol. The van der Waals surface area contributed by atoms with Gasteiger partial charge in [0, 0.05) is 32.9 Å². The van der Waals surface area contributed by atoms with Gasteiger partial charge in [0.15, 0.2) is 22.9 Å². The van der Waals surface area contributed by atoms with E-state index in [0.717, 1.165) is 11.6 Å². The maximum Gasteiger partial charge on any atom is 0.433 e. The number of hydrogen-bond acceptors (Lipinski definition) is 4. The van der Waals surface area contributed by atoms with E-state index in [1.165, 1.54) is 10.7 Å². The summed E-state index contributed by atoms with van der Waals surface area (Å²) in [6, 6.07) is 13.3. The summed E-state index contributed by atoms with van der Waals surface area (Å²) in [6.07, 6.45) is -3.14. The van der Waals surface area contributed by atoms with Crippen LogP contribution in [0.15, 0.2) is 65.3 Å². The molecule has 5 rings (SSSR count). The Morgan fingerprint density at radius 3 is 2.37 bits per heavy atom. The lowest BCUT2D eigenvalue weighted by molar-refractivity contribution is -0.142. The minimum Gasteiger partial charge on any atom is -0.303 e. The molecule has 7 nitrogen and oxygen atoms in total. The van der Waals surface area contributed by atoms with Gasteiger partial charge in [0.05, 0.1) is 16.7 Å². The second kappa shape index (κ2) is 10.2. The van der Waals surface area contributed by atoms with Gasteiger partial charge in [0.25, 0.3) is 5.91 Å². The molecule has 0 spiro atoms. The number of fused-ring (bicyclic) bond motifs is 1. The third-order valence-corrected chi connectivity index (χ3v) is 6.81. The molecule has 0 aliphatic rings. The number of anilines is 1. The first-order chi connectivity index (χ1) is 18.0. The Hall–Kier alpha value is -3.12. The van der Waals surface area contributed by atoms with Crippen molar-refractivity contribution in [1.82, 2.24) is 24.4 Å². The molecule has 0 aliphatic heterocycles. The third kappa shape index (κ3) is 5.51. The van der Waals surface area contributed by atoms with E-state index in [1.54, 1.807) is 48.7 Å². The van der Waals surface area contributed by atoms with Crippen molar-refractivity contribution < 1.29 is 18.0 Å². The molecule has 0 aliphatic carbocycles.